The van der Waals surface area contributed by atoms with Crippen LogP contribution >= 0.6 is 0 Å². The number of ether oxygens (including phenoxy) is 1. The van der Waals surface area contributed by atoms with Crippen molar-refractivity contribution < 1.29 is 40.3 Å². The fraction of sp³-hybridized carbons (Fsp3) is 1.00. The van der Waals surface area contributed by atoms with Gasteiger partial charge in [0.1, 0.15) is 0 Å². The van der Waals surface area contributed by atoms with E-state index < -0.39 is 33.6 Å². The standard InChI is InChI=1S/C24H50O8/c1-17(2,3)15-21(13,19(7,8)9)23(25,30-26)29-24(31-27,32-28)22(14,20(10,11)12)16-18(4,5)6/h25-28H,15-16H2,1-14H3. The molecule has 0 aliphatic rings. The van der Waals surface area contributed by atoms with E-state index in [0.29, 0.717) is 12.8 Å². The Bertz CT molecular complexity index is 603. The minimum Gasteiger partial charge on any atom is -0.341 e. The molecule has 3 unspecified atom stereocenters. The van der Waals surface area contributed by atoms with Crippen molar-refractivity contribution >= 4 is 0 Å². The van der Waals surface area contributed by atoms with Gasteiger partial charge in [-0.2, -0.15) is 14.7 Å². The molecule has 0 radical (unpaired) electrons. The minimum atomic E-state index is -2.74. The molecule has 0 aromatic heterocycles. The van der Waals surface area contributed by atoms with Gasteiger partial charge in [0, 0.05) is 0 Å². The van der Waals surface area contributed by atoms with Gasteiger partial charge in [-0.3, -0.25) is 4.74 Å². The van der Waals surface area contributed by atoms with Crippen LogP contribution in [-0.2, 0) is 19.4 Å². The Morgan fingerprint density at radius 1 is 0.500 bits per heavy atom. The summed E-state index contributed by atoms with van der Waals surface area (Å²) in [5.41, 5.74) is -4.55. The Morgan fingerprint density at radius 2 is 0.812 bits per heavy atom. The van der Waals surface area contributed by atoms with Gasteiger partial charge in [-0.15, -0.1) is 0 Å². The smallest absolute Gasteiger partial charge is 0.341 e. The van der Waals surface area contributed by atoms with Crippen LogP contribution in [0.25, 0.3) is 0 Å². The molecule has 0 spiro atoms. The van der Waals surface area contributed by atoms with Crippen LogP contribution in [0.3, 0.4) is 0 Å². The highest BCUT2D eigenvalue weighted by atomic mass is 17.3. The number of aliphatic hydroxyl groups is 1. The normalized spacial score (nSPS) is 20.4. The molecule has 0 saturated heterocycles. The molecule has 32 heavy (non-hydrogen) atoms. The first-order valence-corrected chi connectivity index (χ1v) is 11.2. The van der Waals surface area contributed by atoms with Crippen LogP contribution in [0.1, 0.15) is 110 Å². The highest BCUT2D eigenvalue weighted by Crippen LogP contribution is 2.60. The van der Waals surface area contributed by atoms with Crippen molar-refractivity contribution in [2.75, 3.05) is 0 Å². The van der Waals surface area contributed by atoms with Crippen LogP contribution in [0.4, 0.5) is 0 Å². The van der Waals surface area contributed by atoms with Crippen molar-refractivity contribution in [1.29, 1.82) is 0 Å². The maximum absolute atomic E-state index is 11.7. The molecule has 0 bridgehead atoms. The number of hydrogen-bond donors (Lipinski definition) is 4. The molecule has 0 aromatic rings. The first-order valence-electron chi connectivity index (χ1n) is 11.2. The van der Waals surface area contributed by atoms with E-state index in [1.165, 1.54) is 0 Å². The first kappa shape index (κ1) is 31.7. The van der Waals surface area contributed by atoms with Crippen LogP contribution in [0.2, 0.25) is 0 Å². The SMILES string of the molecule is CC(C)(C)CC(C)(C(C)(C)C)C(O)(OO)OC(OO)(OO)C(C)(CC(C)(C)C)C(C)(C)C. The highest BCUT2D eigenvalue weighted by molar-refractivity contribution is 5.00. The second-order valence-corrected chi connectivity index (χ2v) is 14.2. The molecule has 194 valence electrons. The molecular formula is C24H50O8. The highest BCUT2D eigenvalue weighted by Gasteiger charge is 2.69. The number of hydrogen-bond acceptors (Lipinski definition) is 8. The molecule has 4 N–H and O–H groups in total. The summed E-state index contributed by atoms with van der Waals surface area (Å²) in [7, 11) is 0. The van der Waals surface area contributed by atoms with Crippen LogP contribution in [0, 0.1) is 32.5 Å². The topological polar surface area (TPSA) is 118 Å². The second-order valence-electron chi connectivity index (χ2n) is 14.2. The van der Waals surface area contributed by atoms with Crippen molar-refractivity contribution in [1.82, 2.24) is 0 Å². The van der Waals surface area contributed by atoms with E-state index in [-0.39, 0.29) is 10.8 Å². The van der Waals surface area contributed by atoms with Gasteiger partial charge in [0.15, 0.2) is 0 Å². The van der Waals surface area contributed by atoms with E-state index in [1.54, 1.807) is 13.8 Å². The molecular weight excluding hydrogens is 416 g/mol. The van der Waals surface area contributed by atoms with E-state index in [2.05, 4.69) is 4.89 Å². The molecule has 0 amide bonds. The van der Waals surface area contributed by atoms with Crippen molar-refractivity contribution in [3.05, 3.63) is 0 Å². The second kappa shape index (κ2) is 9.38. The van der Waals surface area contributed by atoms with Gasteiger partial charge in [-0.25, -0.2) is 15.8 Å². The Kier molecular flexibility index (Phi) is 9.29. The predicted molar refractivity (Wildman–Crippen MR) is 123 cm³/mol. The first-order chi connectivity index (χ1) is 13.8. The van der Waals surface area contributed by atoms with E-state index in [9.17, 15) is 20.9 Å². The molecule has 0 aliphatic carbocycles. The molecule has 0 rings (SSSR count). The summed E-state index contributed by atoms with van der Waals surface area (Å²) < 4.78 is 5.89. The summed E-state index contributed by atoms with van der Waals surface area (Å²) in [5.74, 6) is -5.35. The summed E-state index contributed by atoms with van der Waals surface area (Å²) in [5, 5.41) is 41.8. The quantitative estimate of drug-likeness (QED) is 0.167. The lowest BCUT2D eigenvalue weighted by atomic mass is 9.58. The van der Waals surface area contributed by atoms with Gasteiger partial charge in [-0.05, 0) is 34.5 Å². The zero-order valence-corrected chi connectivity index (χ0v) is 22.8. The van der Waals surface area contributed by atoms with E-state index in [4.69, 9.17) is 14.5 Å². The van der Waals surface area contributed by atoms with Gasteiger partial charge in [0.05, 0.1) is 10.8 Å². The zero-order valence-electron chi connectivity index (χ0n) is 22.8. The average Bonchev–Trinajstić information content (AvgIpc) is 2.54. The Hall–Kier alpha value is -0.320. The molecule has 0 heterocycles. The molecule has 8 heteroatoms. The van der Waals surface area contributed by atoms with Gasteiger partial charge in [-0.1, -0.05) is 96.9 Å². The third-order valence-corrected chi connectivity index (χ3v) is 7.09. The summed E-state index contributed by atoms with van der Waals surface area (Å²) in [4.78, 5) is 14.1. The largest absolute Gasteiger partial charge is 0.349 e. The van der Waals surface area contributed by atoms with Gasteiger partial charge < -0.3 is 5.11 Å². The lowest BCUT2D eigenvalue weighted by Gasteiger charge is -2.57. The van der Waals surface area contributed by atoms with Crippen molar-refractivity contribution in [2.24, 2.45) is 32.5 Å². The summed E-state index contributed by atoms with van der Waals surface area (Å²) in [6.07, 6.45) is 0.663. The molecule has 0 aromatic carbocycles. The van der Waals surface area contributed by atoms with Crippen molar-refractivity contribution in [2.45, 2.75) is 122 Å². The van der Waals surface area contributed by atoms with E-state index in [0.717, 1.165) is 0 Å². The van der Waals surface area contributed by atoms with Crippen LogP contribution in [0.5, 0.6) is 0 Å². The molecule has 8 nitrogen and oxygen atoms in total. The van der Waals surface area contributed by atoms with Gasteiger partial charge >= 0.3 is 11.9 Å². The average molecular weight is 467 g/mol. The third-order valence-electron chi connectivity index (χ3n) is 7.09. The van der Waals surface area contributed by atoms with Crippen LogP contribution < -0.4 is 0 Å². The fourth-order valence-electron chi connectivity index (χ4n) is 4.59. The summed E-state index contributed by atoms with van der Waals surface area (Å²) in [6, 6.07) is 0. The predicted octanol–water partition coefficient (Wildman–Crippen LogP) is 6.75. The lowest BCUT2D eigenvalue weighted by molar-refractivity contribution is -0.664. The Balaban J connectivity index is 7.05. The maximum atomic E-state index is 11.7. The summed E-state index contributed by atoms with van der Waals surface area (Å²) in [6.45, 7) is 26.5. The van der Waals surface area contributed by atoms with E-state index >= 15 is 0 Å². The molecule has 3 atom stereocenters. The summed E-state index contributed by atoms with van der Waals surface area (Å²) >= 11 is 0. The van der Waals surface area contributed by atoms with E-state index in [1.807, 2.05) is 83.1 Å². The Labute approximate surface area is 195 Å². The number of rotatable bonds is 9. The van der Waals surface area contributed by atoms with Crippen LogP contribution in [0.15, 0.2) is 0 Å². The van der Waals surface area contributed by atoms with Crippen molar-refractivity contribution in [3.63, 3.8) is 0 Å². The third kappa shape index (κ3) is 6.21. The Morgan fingerprint density at radius 3 is 1.03 bits per heavy atom. The maximum Gasteiger partial charge on any atom is 0.349 e. The molecule has 0 aliphatic heterocycles. The van der Waals surface area contributed by atoms with Crippen LogP contribution in [-0.4, -0.2) is 32.8 Å². The lowest BCUT2D eigenvalue weighted by Crippen LogP contribution is -2.67. The molecule has 0 saturated carbocycles. The minimum absolute atomic E-state index is 0.320. The van der Waals surface area contributed by atoms with Crippen molar-refractivity contribution in [3.8, 4) is 0 Å². The zero-order chi connectivity index (χ0) is 26.2. The monoisotopic (exact) mass is 466 g/mol. The van der Waals surface area contributed by atoms with Gasteiger partial charge in [0.2, 0.25) is 0 Å². The molecule has 0 fully saturated rings. The van der Waals surface area contributed by atoms with Gasteiger partial charge in [0.25, 0.3) is 0 Å². The fourth-order valence-corrected chi connectivity index (χ4v) is 4.59.